The van der Waals surface area contributed by atoms with Gasteiger partial charge in [0.25, 0.3) is 5.91 Å². The van der Waals surface area contributed by atoms with E-state index in [9.17, 15) is 18.0 Å². The number of carboxylic acids is 1. The highest BCUT2D eigenvalue weighted by Crippen LogP contribution is 2.41. The number of aliphatic carboxylic acids is 1. The van der Waals surface area contributed by atoms with Crippen molar-refractivity contribution >= 4 is 11.9 Å². The lowest BCUT2D eigenvalue weighted by Gasteiger charge is -2.45. The summed E-state index contributed by atoms with van der Waals surface area (Å²) in [7, 11) is 1.91. The van der Waals surface area contributed by atoms with Crippen LogP contribution in [0.5, 0.6) is 0 Å². The third-order valence-electron chi connectivity index (χ3n) is 6.40. The lowest BCUT2D eigenvalue weighted by Crippen LogP contribution is -2.53. The Morgan fingerprint density at radius 1 is 1.17 bits per heavy atom. The average Bonchev–Trinajstić information content (AvgIpc) is 3.50. The summed E-state index contributed by atoms with van der Waals surface area (Å²) in [6.45, 7) is 3.63. The Labute approximate surface area is 199 Å². The van der Waals surface area contributed by atoms with Crippen LogP contribution in [0.4, 0.5) is 13.2 Å². The number of nitrogens with zero attached hydrogens (tertiary/aromatic N) is 4. The predicted octanol–water partition coefficient (Wildman–Crippen LogP) is 3.72. The number of para-hydroxylation sites is 1. The molecule has 0 unspecified atom stereocenters. The lowest BCUT2D eigenvalue weighted by molar-refractivity contribution is -0.192. The van der Waals surface area contributed by atoms with Crippen molar-refractivity contribution in [3.8, 4) is 5.69 Å². The van der Waals surface area contributed by atoms with Gasteiger partial charge in [0.15, 0.2) is 0 Å². The molecule has 3 aromatic rings. The summed E-state index contributed by atoms with van der Waals surface area (Å²) >= 11 is 0. The Morgan fingerprint density at radius 2 is 1.83 bits per heavy atom. The first-order chi connectivity index (χ1) is 16.6. The lowest BCUT2D eigenvalue weighted by atomic mass is 9.72. The van der Waals surface area contributed by atoms with Crippen LogP contribution < -0.4 is 0 Å². The first-order valence-electron chi connectivity index (χ1n) is 11.0. The Hall–Kier alpha value is -3.60. The number of carbonyl (C=O) groups excluding carboxylic acids is 1. The number of furan rings is 1. The molecule has 1 spiro atoms. The maximum Gasteiger partial charge on any atom is 0.490 e. The fraction of sp³-hybridized carbons (Fsp3) is 0.375. The number of hydrogen-bond acceptors (Lipinski definition) is 5. The second-order valence-electron chi connectivity index (χ2n) is 8.82. The van der Waals surface area contributed by atoms with Gasteiger partial charge in [0.2, 0.25) is 0 Å². The normalized spacial score (nSPS) is 17.6. The second-order valence-corrected chi connectivity index (χ2v) is 8.82. The van der Waals surface area contributed by atoms with E-state index in [2.05, 4.69) is 4.90 Å². The molecule has 0 aliphatic carbocycles. The minimum Gasteiger partial charge on any atom is -0.475 e. The maximum absolute atomic E-state index is 12.8. The smallest absolute Gasteiger partial charge is 0.475 e. The van der Waals surface area contributed by atoms with E-state index in [1.54, 1.807) is 6.26 Å². The number of halogens is 3. The molecule has 35 heavy (non-hydrogen) atoms. The summed E-state index contributed by atoms with van der Waals surface area (Å²) < 4.78 is 38.8. The topological polar surface area (TPSA) is 91.8 Å². The fourth-order valence-electron chi connectivity index (χ4n) is 4.62. The molecule has 1 aromatic carbocycles. The predicted molar refractivity (Wildman–Crippen MR) is 119 cm³/mol. The van der Waals surface area contributed by atoms with Gasteiger partial charge in [-0.1, -0.05) is 18.2 Å². The number of benzene rings is 1. The van der Waals surface area contributed by atoms with Crippen molar-refractivity contribution < 1.29 is 32.3 Å². The number of likely N-dealkylation sites (N-methyl/N-ethyl adjacent to an activating group) is 1. The first kappa shape index (κ1) is 24.5. The number of likely N-dealkylation sites (tertiary alicyclic amines) is 1. The molecular weight excluding hydrogens is 465 g/mol. The van der Waals surface area contributed by atoms with Crippen LogP contribution in [-0.2, 0) is 16.8 Å². The third kappa shape index (κ3) is 5.24. The molecule has 11 heteroatoms. The van der Waals surface area contributed by atoms with Gasteiger partial charge < -0.3 is 14.4 Å². The number of rotatable bonds is 3. The van der Waals surface area contributed by atoms with Crippen molar-refractivity contribution in [1.29, 1.82) is 0 Å². The molecule has 8 nitrogen and oxygen atoms in total. The highest BCUT2D eigenvalue weighted by atomic mass is 19.4. The van der Waals surface area contributed by atoms with Gasteiger partial charge in [0.05, 0.1) is 29.5 Å². The van der Waals surface area contributed by atoms with Crippen LogP contribution in [0.1, 0.15) is 34.5 Å². The molecule has 2 aliphatic rings. The Balaban J connectivity index is 0.000000364. The highest BCUT2D eigenvalue weighted by Gasteiger charge is 2.46. The molecule has 0 atom stereocenters. The Morgan fingerprint density at radius 3 is 2.40 bits per heavy atom. The molecule has 0 saturated carbocycles. The average molecular weight is 490 g/mol. The van der Waals surface area contributed by atoms with Gasteiger partial charge in [-0.25, -0.2) is 9.48 Å². The van der Waals surface area contributed by atoms with E-state index >= 15 is 0 Å². The molecule has 1 fully saturated rings. The van der Waals surface area contributed by atoms with Crippen LogP contribution in [0.3, 0.4) is 0 Å². The number of carbonyl (C=O) groups is 2. The Kier molecular flexibility index (Phi) is 6.70. The summed E-state index contributed by atoms with van der Waals surface area (Å²) in [5.41, 5.74) is 3.86. The molecule has 5 rings (SSSR count). The van der Waals surface area contributed by atoms with Gasteiger partial charge in [0, 0.05) is 37.3 Å². The molecule has 1 amide bonds. The van der Waals surface area contributed by atoms with Crippen molar-refractivity contribution in [2.45, 2.75) is 31.0 Å². The van der Waals surface area contributed by atoms with Crippen molar-refractivity contribution in [2.24, 2.45) is 0 Å². The first-order valence-corrected chi connectivity index (χ1v) is 11.0. The molecular formula is C24H25F3N4O4. The van der Waals surface area contributed by atoms with Gasteiger partial charge >= 0.3 is 12.1 Å². The zero-order chi connectivity index (χ0) is 25.2. The van der Waals surface area contributed by atoms with E-state index in [0.29, 0.717) is 0 Å². The van der Waals surface area contributed by atoms with E-state index < -0.39 is 12.1 Å². The molecule has 2 aromatic heterocycles. The summed E-state index contributed by atoms with van der Waals surface area (Å²) in [6, 6.07) is 12.0. The SMILES string of the molecule is CN1CC2(CCN(Cc3ccoc3)CC2)c2nn(-c3ccccc3)cc2C1=O.O=C(O)C(F)(F)F. The van der Waals surface area contributed by atoms with Crippen LogP contribution in [0, 0.1) is 0 Å². The van der Waals surface area contributed by atoms with Crippen molar-refractivity contribution in [2.75, 3.05) is 26.7 Å². The van der Waals surface area contributed by atoms with Gasteiger partial charge in [-0.3, -0.25) is 9.69 Å². The van der Waals surface area contributed by atoms with E-state index in [1.165, 1.54) is 5.56 Å². The minimum absolute atomic E-state index is 0.0646. The van der Waals surface area contributed by atoms with Crippen molar-refractivity contribution in [3.05, 3.63) is 71.9 Å². The van der Waals surface area contributed by atoms with Crippen LogP contribution >= 0.6 is 0 Å². The second kappa shape index (κ2) is 9.57. The van der Waals surface area contributed by atoms with Crippen molar-refractivity contribution in [3.63, 3.8) is 0 Å². The van der Waals surface area contributed by atoms with E-state index in [1.807, 2.05) is 65.5 Å². The molecule has 2 aliphatic heterocycles. The number of carboxylic acid groups (broad SMARTS) is 1. The highest BCUT2D eigenvalue weighted by molar-refractivity contribution is 5.96. The molecule has 1 N–H and O–H groups in total. The molecule has 1 saturated heterocycles. The quantitative estimate of drug-likeness (QED) is 0.602. The zero-order valence-corrected chi connectivity index (χ0v) is 19.0. The van der Waals surface area contributed by atoms with Crippen LogP contribution in [0.2, 0.25) is 0 Å². The van der Waals surface area contributed by atoms with Gasteiger partial charge in [-0.15, -0.1) is 0 Å². The number of aromatic nitrogens is 2. The van der Waals surface area contributed by atoms with Crippen LogP contribution in [0.15, 0.2) is 59.5 Å². The zero-order valence-electron chi connectivity index (χ0n) is 19.0. The molecule has 0 radical (unpaired) electrons. The Bertz CT molecular complexity index is 1170. The number of alkyl halides is 3. The summed E-state index contributed by atoms with van der Waals surface area (Å²) in [4.78, 5) is 26.0. The van der Waals surface area contributed by atoms with E-state index in [0.717, 1.165) is 56.0 Å². The summed E-state index contributed by atoms with van der Waals surface area (Å²) in [6.07, 6.45) is 2.37. The molecule has 4 heterocycles. The van der Waals surface area contributed by atoms with Gasteiger partial charge in [-0.2, -0.15) is 18.3 Å². The van der Waals surface area contributed by atoms with E-state index in [4.69, 9.17) is 19.4 Å². The van der Waals surface area contributed by atoms with Gasteiger partial charge in [0.1, 0.15) is 0 Å². The number of piperidine rings is 1. The van der Waals surface area contributed by atoms with Crippen LogP contribution in [-0.4, -0.2) is 69.4 Å². The summed E-state index contributed by atoms with van der Waals surface area (Å²) in [5.74, 6) is -2.68. The standard InChI is InChI=1S/C22H24N4O2.C2HF3O2/c1-24-16-22(8-10-25(11-9-22)13-17-7-12-28-15-17)20-19(21(24)27)14-26(23-20)18-5-3-2-4-6-18;3-2(4,5)1(6)7/h2-7,12,14-15H,8-11,13,16H2,1H3;(H,6,7). The van der Waals surface area contributed by atoms with Gasteiger partial charge in [-0.05, 0) is 44.1 Å². The van der Waals surface area contributed by atoms with Crippen molar-refractivity contribution in [1.82, 2.24) is 19.6 Å². The number of amides is 1. The van der Waals surface area contributed by atoms with E-state index in [-0.39, 0.29) is 11.3 Å². The monoisotopic (exact) mass is 490 g/mol. The summed E-state index contributed by atoms with van der Waals surface area (Å²) in [5, 5.41) is 12.0. The maximum atomic E-state index is 12.8. The fourth-order valence-corrected chi connectivity index (χ4v) is 4.62. The minimum atomic E-state index is -5.08. The molecule has 186 valence electrons. The molecule has 0 bridgehead atoms. The third-order valence-corrected chi connectivity index (χ3v) is 6.40. The largest absolute Gasteiger partial charge is 0.490 e. The number of fused-ring (bicyclic) bond motifs is 2. The van der Waals surface area contributed by atoms with Crippen LogP contribution in [0.25, 0.3) is 5.69 Å². The number of hydrogen-bond donors (Lipinski definition) is 1.